The molecule has 31 heavy (non-hydrogen) atoms. The molecule has 0 unspecified atom stereocenters. The van der Waals surface area contributed by atoms with Crippen LogP contribution in [-0.2, 0) is 4.79 Å². The van der Waals surface area contributed by atoms with E-state index in [1.807, 2.05) is 54.6 Å². The number of hydrogen-bond donors (Lipinski definition) is 0. The first kappa shape index (κ1) is 19.9. The van der Waals surface area contributed by atoms with Crippen LogP contribution in [-0.4, -0.2) is 21.0 Å². The Bertz CT molecular complexity index is 1370. The monoisotopic (exact) mass is 459 g/mol. The molecular weight excluding hydrogens is 446 g/mol. The van der Waals surface area contributed by atoms with Crippen LogP contribution in [0.1, 0.15) is 15.9 Å². The second-order valence-corrected chi connectivity index (χ2v) is 9.17. The third kappa shape index (κ3) is 3.55. The van der Waals surface area contributed by atoms with E-state index in [1.165, 1.54) is 0 Å². The Morgan fingerprint density at radius 2 is 1.48 bits per heavy atom. The van der Waals surface area contributed by atoms with E-state index >= 15 is 0 Å². The van der Waals surface area contributed by atoms with Crippen LogP contribution in [0, 0.1) is 0 Å². The van der Waals surface area contributed by atoms with Crippen molar-refractivity contribution in [1.29, 1.82) is 0 Å². The number of imide groups is 1. The summed E-state index contributed by atoms with van der Waals surface area (Å²) in [6, 6.07) is 24.6. The molecule has 0 saturated carbocycles. The Balaban J connectivity index is 1.61. The number of amides is 2. The number of thiocarbonyl (C=S) groups is 1. The number of carbonyl (C=O) groups is 2. The van der Waals surface area contributed by atoms with Gasteiger partial charge in [0.2, 0.25) is 0 Å². The average Bonchev–Trinajstić information content (AvgIpc) is 3.06. The first-order valence-electron chi connectivity index (χ1n) is 9.51. The fourth-order valence-electron chi connectivity index (χ4n) is 3.70. The maximum absolute atomic E-state index is 13.2. The van der Waals surface area contributed by atoms with Crippen LogP contribution in [0.15, 0.2) is 83.8 Å². The molecule has 2 amide bonds. The highest BCUT2D eigenvalue weighted by atomic mass is 35.5. The van der Waals surface area contributed by atoms with Crippen LogP contribution >= 0.6 is 35.6 Å². The first-order valence-corrected chi connectivity index (χ1v) is 11.1. The average molecular weight is 460 g/mol. The lowest BCUT2D eigenvalue weighted by atomic mass is 9.96. The van der Waals surface area contributed by atoms with Crippen molar-refractivity contribution in [3.05, 3.63) is 99.9 Å². The van der Waals surface area contributed by atoms with Crippen molar-refractivity contribution >= 4 is 79.3 Å². The van der Waals surface area contributed by atoms with Crippen LogP contribution < -0.4 is 0 Å². The Labute approximate surface area is 193 Å². The highest BCUT2D eigenvalue weighted by Gasteiger charge is 2.37. The third-order valence-corrected chi connectivity index (χ3v) is 6.73. The van der Waals surface area contributed by atoms with Crippen molar-refractivity contribution in [3.8, 4) is 0 Å². The van der Waals surface area contributed by atoms with E-state index in [0.29, 0.717) is 15.5 Å². The summed E-state index contributed by atoms with van der Waals surface area (Å²) in [6.45, 7) is 0. The molecule has 3 nitrogen and oxygen atoms in total. The molecule has 4 aromatic rings. The van der Waals surface area contributed by atoms with Gasteiger partial charge in [0.1, 0.15) is 0 Å². The van der Waals surface area contributed by atoms with Gasteiger partial charge in [0.15, 0.2) is 4.32 Å². The molecule has 0 aliphatic carbocycles. The maximum atomic E-state index is 13.2. The number of halogens is 1. The SMILES string of the molecule is O=C1/C(=C/c2c3ccccc3cc3ccccc23)SC(=S)N1C(=O)c1ccc(Cl)cc1. The van der Waals surface area contributed by atoms with E-state index in [-0.39, 0.29) is 4.32 Å². The van der Waals surface area contributed by atoms with E-state index < -0.39 is 11.8 Å². The number of fused-ring (bicyclic) bond motifs is 2. The number of carbonyl (C=O) groups excluding carboxylic acids is 2. The third-order valence-electron chi connectivity index (χ3n) is 5.18. The van der Waals surface area contributed by atoms with E-state index in [1.54, 1.807) is 24.3 Å². The van der Waals surface area contributed by atoms with Gasteiger partial charge in [-0.25, -0.2) is 4.90 Å². The lowest BCUT2D eigenvalue weighted by Gasteiger charge is -2.12. The molecule has 5 rings (SSSR count). The standard InChI is InChI=1S/C25H14ClNO2S2/c26-18-11-9-15(10-12-18)23(28)27-24(29)22(31-25(27)30)14-21-19-7-3-1-5-16(19)13-17-6-2-4-8-20(17)21/h1-14H/b22-14-. The summed E-state index contributed by atoms with van der Waals surface area (Å²) < 4.78 is 0.223. The molecule has 0 aromatic heterocycles. The van der Waals surface area contributed by atoms with Crippen LogP contribution in [0.5, 0.6) is 0 Å². The van der Waals surface area contributed by atoms with Crippen molar-refractivity contribution in [1.82, 2.24) is 4.90 Å². The number of hydrogen-bond acceptors (Lipinski definition) is 4. The van der Waals surface area contributed by atoms with Gasteiger partial charge in [-0.3, -0.25) is 9.59 Å². The van der Waals surface area contributed by atoms with Gasteiger partial charge in [-0.05, 0) is 63.5 Å². The molecule has 6 heteroatoms. The smallest absolute Gasteiger partial charge is 0.268 e. The van der Waals surface area contributed by atoms with Crippen molar-refractivity contribution in [2.24, 2.45) is 0 Å². The fraction of sp³-hybridized carbons (Fsp3) is 0. The molecule has 1 saturated heterocycles. The quantitative estimate of drug-likeness (QED) is 0.145. The normalized spacial score (nSPS) is 15.4. The minimum Gasteiger partial charge on any atom is -0.268 e. The van der Waals surface area contributed by atoms with E-state index in [4.69, 9.17) is 23.8 Å². The zero-order chi connectivity index (χ0) is 21.5. The molecule has 0 atom stereocenters. The van der Waals surface area contributed by atoms with Gasteiger partial charge in [0.05, 0.1) is 4.91 Å². The lowest BCUT2D eigenvalue weighted by molar-refractivity contribution is -0.120. The largest absolute Gasteiger partial charge is 0.273 e. The van der Waals surface area contributed by atoms with Crippen molar-refractivity contribution < 1.29 is 9.59 Å². The Hall–Kier alpha value is -2.99. The summed E-state index contributed by atoms with van der Waals surface area (Å²) >= 11 is 12.4. The highest BCUT2D eigenvalue weighted by molar-refractivity contribution is 8.26. The Morgan fingerprint density at radius 1 is 0.903 bits per heavy atom. The number of benzene rings is 4. The van der Waals surface area contributed by atoms with E-state index in [2.05, 4.69) is 6.07 Å². The fourth-order valence-corrected chi connectivity index (χ4v) is 5.06. The van der Waals surface area contributed by atoms with Gasteiger partial charge >= 0.3 is 0 Å². The van der Waals surface area contributed by atoms with E-state index in [9.17, 15) is 9.59 Å². The topological polar surface area (TPSA) is 37.4 Å². The lowest BCUT2D eigenvalue weighted by Crippen LogP contribution is -2.34. The molecular formula is C25H14ClNO2S2. The molecule has 1 aliphatic heterocycles. The number of nitrogens with zero attached hydrogens (tertiary/aromatic N) is 1. The van der Waals surface area contributed by atoms with Crippen molar-refractivity contribution in [2.45, 2.75) is 0 Å². The summed E-state index contributed by atoms with van der Waals surface area (Å²) in [5.41, 5.74) is 1.30. The Morgan fingerprint density at radius 3 is 2.10 bits per heavy atom. The molecule has 1 heterocycles. The first-order chi connectivity index (χ1) is 15.0. The summed E-state index contributed by atoms with van der Waals surface area (Å²) in [5, 5.41) is 4.76. The predicted octanol–water partition coefficient (Wildman–Crippen LogP) is 6.69. The number of thioether (sulfide) groups is 1. The summed E-state index contributed by atoms with van der Waals surface area (Å²) in [7, 11) is 0. The minimum absolute atomic E-state index is 0.223. The van der Waals surface area contributed by atoms with Gasteiger partial charge in [0, 0.05) is 10.6 Å². The second-order valence-electron chi connectivity index (χ2n) is 7.06. The predicted molar refractivity (Wildman–Crippen MR) is 132 cm³/mol. The minimum atomic E-state index is -0.453. The molecule has 0 bridgehead atoms. The molecule has 4 aromatic carbocycles. The molecule has 0 spiro atoms. The van der Waals surface area contributed by atoms with Gasteiger partial charge in [-0.1, -0.05) is 84.1 Å². The van der Waals surface area contributed by atoms with Crippen LogP contribution in [0.2, 0.25) is 5.02 Å². The van der Waals surface area contributed by atoms with Crippen molar-refractivity contribution in [2.75, 3.05) is 0 Å². The molecule has 1 fully saturated rings. The molecule has 1 aliphatic rings. The molecule has 150 valence electrons. The highest BCUT2D eigenvalue weighted by Crippen LogP contribution is 2.37. The van der Waals surface area contributed by atoms with Crippen molar-refractivity contribution in [3.63, 3.8) is 0 Å². The van der Waals surface area contributed by atoms with Gasteiger partial charge in [0.25, 0.3) is 11.8 Å². The number of rotatable bonds is 2. The Kier molecular flexibility index (Phi) is 5.10. The van der Waals surface area contributed by atoms with Crippen LogP contribution in [0.25, 0.3) is 27.6 Å². The van der Waals surface area contributed by atoms with Gasteiger partial charge < -0.3 is 0 Å². The van der Waals surface area contributed by atoms with Gasteiger partial charge in [-0.2, -0.15) is 0 Å². The second kappa shape index (κ2) is 7.93. The summed E-state index contributed by atoms with van der Waals surface area (Å²) in [4.78, 5) is 27.6. The zero-order valence-corrected chi connectivity index (χ0v) is 18.4. The summed E-state index contributed by atoms with van der Waals surface area (Å²) in [5.74, 6) is -0.864. The van der Waals surface area contributed by atoms with Crippen LogP contribution in [0.3, 0.4) is 0 Å². The van der Waals surface area contributed by atoms with Crippen LogP contribution in [0.4, 0.5) is 0 Å². The zero-order valence-electron chi connectivity index (χ0n) is 16.0. The maximum Gasteiger partial charge on any atom is 0.273 e. The van der Waals surface area contributed by atoms with E-state index in [0.717, 1.165) is 43.8 Å². The molecule has 0 radical (unpaired) electrons. The summed E-state index contributed by atoms with van der Waals surface area (Å²) in [6.07, 6.45) is 1.85. The molecule has 0 N–H and O–H groups in total. The van der Waals surface area contributed by atoms with Gasteiger partial charge in [-0.15, -0.1) is 0 Å².